The van der Waals surface area contributed by atoms with Crippen LogP contribution in [0, 0.1) is 6.92 Å². The Morgan fingerprint density at radius 1 is 1.45 bits per heavy atom. The van der Waals surface area contributed by atoms with Gasteiger partial charge in [0.15, 0.2) is 4.67 Å². The second-order valence-electron chi connectivity index (χ2n) is 4.07. The molecule has 0 aliphatic carbocycles. The Labute approximate surface area is 130 Å². The molecule has 0 saturated carbocycles. The molecule has 0 amide bonds. The van der Waals surface area contributed by atoms with Gasteiger partial charge in [-0.3, -0.25) is 4.72 Å². The van der Waals surface area contributed by atoms with Crippen LogP contribution < -0.4 is 10.5 Å². The topological polar surface area (TPSA) is 85.3 Å². The molecule has 0 spiro atoms. The van der Waals surface area contributed by atoms with Crippen molar-refractivity contribution in [3.8, 4) is 0 Å². The van der Waals surface area contributed by atoms with Gasteiger partial charge in [-0.1, -0.05) is 17.7 Å². The molecule has 1 aromatic carbocycles. The summed E-state index contributed by atoms with van der Waals surface area (Å²) in [6.45, 7) is 1.85. The molecule has 8 heteroatoms. The van der Waals surface area contributed by atoms with Gasteiger partial charge >= 0.3 is 0 Å². The van der Waals surface area contributed by atoms with Gasteiger partial charge in [0.2, 0.25) is 0 Å². The molecule has 2 aromatic rings. The first-order valence-corrected chi connectivity index (χ1v) is 8.27. The van der Waals surface area contributed by atoms with Gasteiger partial charge in [0, 0.05) is 11.1 Å². The van der Waals surface area contributed by atoms with E-state index in [4.69, 9.17) is 21.8 Å². The number of halogens is 2. The average Bonchev–Trinajstić information content (AvgIpc) is 2.77. The van der Waals surface area contributed by atoms with Crippen molar-refractivity contribution in [2.45, 2.75) is 18.4 Å². The van der Waals surface area contributed by atoms with Crippen LogP contribution in [0.2, 0.25) is 5.02 Å². The second kappa shape index (κ2) is 5.77. The van der Waals surface area contributed by atoms with Crippen LogP contribution in [0.15, 0.2) is 38.2 Å². The van der Waals surface area contributed by atoms with Crippen molar-refractivity contribution in [3.63, 3.8) is 0 Å². The first-order valence-electron chi connectivity index (χ1n) is 5.61. The summed E-state index contributed by atoms with van der Waals surface area (Å²) in [7, 11) is -3.78. The van der Waals surface area contributed by atoms with Crippen molar-refractivity contribution in [2.75, 3.05) is 4.72 Å². The van der Waals surface area contributed by atoms with Gasteiger partial charge in [0.25, 0.3) is 10.0 Å². The second-order valence-corrected chi connectivity index (χ2v) is 6.85. The number of furan rings is 1. The maximum absolute atomic E-state index is 12.3. The SMILES string of the molecule is Cc1c(Cl)cccc1NS(=O)(=O)c1cc(CN)oc1Br. The van der Waals surface area contributed by atoms with Crippen LogP contribution in [-0.4, -0.2) is 8.42 Å². The maximum atomic E-state index is 12.3. The lowest BCUT2D eigenvalue weighted by Crippen LogP contribution is -2.13. The molecule has 0 aliphatic heterocycles. The van der Waals surface area contributed by atoms with Crippen LogP contribution in [0.3, 0.4) is 0 Å². The fourth-order valence-electron chi connectivity index (χ4n) is 1.60. The van der Waals surface area contributed by atoms with Crippen LogP contribution in [0.25, 0.3) is 0 Å². The van der Waals surface area contributed by atoms with E-state index in [0.29, 0.717) is 22.0 Å². The van der Waals surface area contributed by atoms with E-state index >= 15 is 0 Å². The lowest BCUT2D eigenvalue weighted by Gasteiger charge is -2.10. The molecule has 108 valence electrons. The van der Waals surface area contributed by atoms with Gasteiger partial charge in [-0.2, -0.15) is 0 Å². The molecule has 0 aliphatic rings. The molecule has 2 rings (SSSR count). The Balaban J connectivity index is 2.40. The molecule has 0 radical (unpaired) electrons. The minimum absolute atomic E-state index is 0.00248. The number of benzene rings is 1. The summed E-state index contributed by atoms with van der Waals surface area (Å²) in [5.74, 6) is 0.375. The minimum Gasteiger partial charge on any atom is -0.452 e. The Morgan fingerprint density at radius 2 is 2.15 bits per heavy atom. The Morgan fingerprint density at radius 3 is 2.75 bits per heavy atom. The fourth-order valence-corrected chi connectivity index (χ4v) is 3.90. The predicted octanol–water partition coefficient (Wildman–Crippen LogP) is 3.26. The summed E-state index contributed by atoms with van der Waals surface area (Å²) in [6.07, 6.45) is 0. The molecule has 0 unspecified atom stereocenters. The summed E-state index contributed by atoms with van der Waals surface area (Å²) in [6, 6.07) is 6.38. The zero-order valence-corrected chi connectivity index (χ0v) is 13.6. The van der Waals surface area contributed by atoms with E-state index < -0.39 is 10.0 Å². The monoisotopic (exact) mass is 378 g/mol. The molecule has 1 aromatic heterocycles. The van der Waals surface area contributed by atoms with E-state index in [1.165, 1.54) is 6.07 Å². The maximum Gasteiger partial charge on any atom is 0.266 e. The zero-order chi connectivity index (χ0) is 14.9. The number of nitrogens with two attached hydrogens (primary N) is 1. The standard InChI is InChI=1S/C12H12BrClN2O3S/c1-7-9(14)3-2-4-10(7)16-20(17,18)11-5-8(6-15)19-12(11)13/h2-5,16H,6,15H2,1H3. The number of hydrogen-bond donors (Lipinski definition) is 2. The van der Waals surface area contributed by atoms with Crippen molar-refractivity contribution in [1.29, 1.82) is 0 Å². The molecular weight excluding hydrogens is 368 g/mol. The van der Waals surface area contributed by atoms with Crippen LogP contribution in [0.4, 0.5) is 5.69 Å². The van der Waals surface area contributed by atoms with Gasteiger partial charge in [0.05, 0.1) is 12.2 Å². The fraction of sp³-hybridized carbons (Fsp3) is 0.167. The van der Waals surface area contributed by atoms with E-state index in [1.807, 2.05) is 0 Å². The third-order valence-corrected chi connectivity index (χ3v) is 5.34. The largest absolute Gasteiger partial charge is 0.452 e. The van der Waals surface area contributed by atoms with Gasteiger partial charge in [-0.25, -0.2) is 8.42 Å². The summed E-state index contributed by atoms with van der Waals surface area (Å²) >= 11 is 9.04. The highest BCUT2D eigenvalue weighted by atomic mass is 79.9. The van der Waals surface area contributed by atoms with E-state index in [-0.39, 0.29) is 16.1 Å². The van der Waals surface area contributed by atoms with Crippen LogP contribution >= 0.6 is 27.5 Å². The summed E-state index contributed by atoms with van der Waals surface area (Å²) in [5, 5.41) is 0.485. The minimum atomic E-state index is -3.78. The Kier molecular flexibility index (Phi) is 4.43. The highest BCUT2D eigenvalue weighted by molar-refractivity contribution is 9.10. The van der Waals surface area contributed by atoms with Gasteiger partial charge < -0.3 is 10.2 Å². The molecule has 0 saturated heterocycles. The number of anilines is 1. The molecule has 0 fully saturated rings. The van der Waals surface area contributed by atoms with Crippen molar-refractivity contribution in [1.82, 2.24) is 0 Å². The quantitative estimate of drug-likeness (QED) is 0.854. The lowest BCUT2D eigenvalue weighted by atomic mass is 10.2. The van der Waals surface area contributed by atoms with E-state index in [0.717, 1.165) is 0 Å². The smallest absolute Gasteiger partial charge is 0.266 e. The summed E-state index contributed by atoms with van der Waals surface area (Å²) in [5.41, 5.74) is 6.49. The first-order chi connectivity index (χ1) is 9.35. The van der Waals surface area contributed by atoms with Crippen molar-refractivity contribution >= 4 is 43.2 Å². The highest BCUT2D eigenvalue weighted by Crippen LogP contribution is 2.30. The van der Waals surface area contributed by atoms with Gasteiger partial charge in [-0.15, -0.1) is 0 Å². The highest BCUT2D eigenvalue weighted by Gasteiger charge is 2.23. The normalized spacial score (nSPS) is 11.6. The van der Waals surface area contributed by atoms with Gasteiger partial charge in [-0.05, 0) is 40.5 Å². The van der Waals surface area contributed by atoms with Crippen molar-refractivity contribution in [2.24, 2.45) is 5.73 Å². The van der Waals surface area contributed by atoms with E-state index in [9.17, 15) is 8.42 Å². The van der Waals surface area contributed by atoms with Crippen molar-refractivity contribution < 1.29 is 12.8 Å². The molecule has 1 heterocycles. The first kappa shape index (κ1) is 15.4. The molecule has 5 nitrogen and oxygen atoms in total. The number of sulfonamides is 1. The summed E-state index contributed by atoms with van der Waals surface area (Å²) in [4.78, 5) is -0.00248. The Bertz CT molecular complexity index is 743. The third kappa shape index (κ3) is 3.01. The van der Waals surface area contributed by atoms with Crippen LogP contribution in [0.5, 0.6) is 0 Å². The molecule has 0 atom stereocenters. The summed E-state index contributed by atoms with van der Waals surface area (Å²) < 4.78 is 32.4. The van der Waals surface area contributed by atoms with Gasteiger partial charge in [0.1, 0.15) is 10.7 Å². The van der Waals surface area contributed by atoms with Crippen molar-refractivity contribution in [3.05, 3.63) is 45.3 Å². The molecule has 0 bridgehead atoms. The number of nitrogens with one attached hydrogen (secondary N) is 1. The Hall–Kier alpha value is -1.02. The third-order valence-electron chi connectivity index (χ3n) is 2.71. The van der Waals surface area contributed by atoms with Crippen LogP contribution in [0.1, 0.15) is 11.3 Å². The van der Waals surface area contributed by atoms with E-state index in [1.54, 1.807) is 25.1 Å². The number of hydrogen-bond acceptors (Lipinski definition) is 4. The zero-order valence-electron chi connectivity index (χ0n) is 10.5. The molecule has 3 N–H and O–H groups in total. The molecule has 20 heavy (non-hydrogen) atoms. The lowest BCUT2D eigenvalue weighted by molar-refractivity contribution is 0.484. The number of rotatable bonds is 4. The average molecular weight is 380 g/mol. The van der Waals surface area contributed by atoms with E-state index in [2.05, 4.69) is 20.7 Å². The van der Waals surface area contributed by atoms with Crippen LogP contribution in [-0.2, 0) is 16.6 Å². The molecular formula is C12H12BrClN2O3S. The predicted molar refractivity (Wildman–Crippen MR) is 81.3 cm³/mol.